The van der Waals surface area contributed by atoms with E-state index in [1.165, 1.54) is 0 Å². The van der Waals surface area contributed by atoms with Crippen molar-refractivity contribution in [1.82, 2.24) is 0 Å². The number of benzene rings is 2. The van der Waals surface area contributed by atoms with Crippen molar-refractivity contribution < 1.29 is 9.53 Å². The summed E-state index contributed by atoms with van der Waals surface area (Å²) in [6.45, 7) is 2.03. The second kappa shape index (κ2) is 4.83. The van der Waals surface area contributed by atoms with Gasteiger partial charge in [-0.05, 0) is 30.7 Å². The molecule has 0 radical (unpaired) electrons. The van der Waals surface area contributed by atoms with Gasteiger partial charge in [0.2, 0.25) is 0 Å². The molecule has 2 heteroatoms. The molecule has 0 saturated carbocycles. The fourth-order valence-electron chi connectivity index (χ4n) is 1.83. The summed E-state index contributed by atoms with van der Waals surface area (Å²) >= 11 is 0. The fourth-order valence-corrected chi connectivity index (χ4v) is 1.83. The van der Waals surface area contributed by atoms with Crippen LogP contribution in [0.4, 0.5) is 0 Å². The van der Waals surface area contributed by atoms with Crippen LogP contribution in [0.2, 0.25) is 0 Å². The maximum Gasteiger partial charge on any atom is 0.150 e. The van der Waals surface area contributed by atoms with Crippen molar-refractivity contribution in [2.75, 3.05) is 7.11 Å². The number of aryl methyl sites for hydroxylation is 1. The molecule has 0 heterocycles. The Bertz CT molecular complexity index is 544. The van der Waals surface area contributed by atoms with Gasteiger partial charge in [0.15, 0.2) is 0 Å². The summed E-state index contributed by atoms with van der Waals surface area (Å²) in [7, 11) is 1.65. The highest BCUT2D eigenvalue weighted by molar-refractivity contribution is 5.80. The van der Waals surface area contributed by atoms with Gasteiger partial charge < -0.3 is 4.74 Å². The predicted molar refractivity (Wildman–Crippen MR) is 68.6 cm³/mol. The van der Waals surface area contributed by atoms with Crippen LogP contribution in [0.1, 0.15) is 15.9 Å². The minimum Gasteiger partial charge on any atom is -0.496 e. The zero-order valence-corrected chi connectivity index (χ0v) is 9.94. The molecule has 0 spiro atoms. The van der Waals surface area contributed by atoms with Crippen LogP contribution in [-0.2, 0) is 0 Å². The third-order valence-corrected chi connectivity index (χ3v) is 2.69. The van der Waals surface area contributed by atoms with E-state index in [0.29, 0.717) is 5.56 Å². The first kappa shape index (κ1) is 11.4. The van der Waals surface area contributed by atoms with Crippen molar-refractivity contribution in [2.45, 2.75) is 6.92 Å². The van der Waals surface area contributed by atoms with Crippen molar-refractivity contribution in [1.29, 1.82) is 0 Å². The topological polar surface area (TPSA) is 26.3 Å². The standard InChI is InChI=1S/C15H14O2/c1-11-6-7-15(17-2)14(8-11)13-5-3-4-12(9-13)10-16/h3-10H,1-2H3. The van der Waals surface area contributed by atoms with E-state index >= 15 is 0 Å². The molecule has 2 rings (SSSR count). The Morgan fingerprint density at radius 1 is 1.12 bits per heavy atom. The Morgan fingerprint density at radius 2 is 1.94 bits per heavy atom. The molecule has 0 unspecified atom stereocenters. The molecule has 0 aromatic heterocycles. The number of carbonyl (C=O) groups excluding carboxylic acids is 1. The van der Waals surface area contributed by atoms with E-state index in [1.807, 2.05) is 37.3 Å². The summed E-state index contributed by atoms with van der Waals surface area (Å²) in [6, 6.07) is 13.5. The normalized spacial score (nSPS) is 10.0. The smallest absolute Gasteiger partial charge is 0.150 e. The average Bonchev–Trinajstić information content (AvgIpc) is 2.39. The highest BCUT2D eigenvalue weighted by Crippen LogP contribution is 2.30. The molecule has 2 aromatic carbocycles. The number of rotatable bonds is 3. The predicted octanol–water partition coefficient (Wildman–Crippen LogP) is 3.48. The van der Waals surface area contributed by atoms with Crippen LogP contribution in [0, 0.1) is 6.92 Å². The summed E-state index contributed by atoms with van der Waals surface area (Å²) in [4.78, 5) is 10.8. The number of aldehydes is 1. The lowest BCUT2D eigenvalue weighted by Crippen LogP contribution is -1.90. The van der Waals surface area contributed by atoms with Crippen LogP contribution in [0.15, 0.2) is 42.5 Å². The summed E-state index contributed by atoms with van der Waals surface area (Å²) in [5, 5.41) is 0. The molecular weight excluding hydrogens is 212 g/mol. The van der Waals surface area contributed by atoms with Crippen molar-refractivity contribution in [3.63, 3.8) is 0 Å². The third kappa shape index (κ3) is 2.36. The van der Waals surface area contributed by atoms with Crippen molar-refractivity contribution >= 4 is 6.29 Å². The Hall–Kier alpha value is -2.09. The second-order valence-electron chi connectivity index (χ2n) is 3.95. The van der Waals surface area contributed by atoms with Crippen LogP contribution in [0.5, 0.6) is 5.75 Å². The number of hydrogen-bond donors (Lipinski definition) is 0. The summed E-state index contributed by atoms with van der Waals surface area (Å²) in [6.07, 6.45) is 0.853. The molecule has 0 aliphatic rings. The van der Waals surface area contributed by atoms with Crippen molar-refractivity contribution in [3.05, 3.63) is 53.6 Å². The average molecular weight is 226 g/mol. The zero-order chi connectivity index (χ0) is 12.3. The van der Waals surface area contributed by atoms with Gasteiger partial charge in [0.25, 0.3) is 0 Å². The van der Waals surface area contributed by atoms with Crippen LogP contribution < -0.4 is 4.74 Å². The van der Waals surface area contributed by atoms with E-state index in [-0.39, 0.29) is 0 Å². The Labute approximate surface area is 101 Å². The van der Waals surface area contributed by atoms with Gasteiger partial charge in [0, 0.05) is 11.1 Å². The maximum absolute atomic E-state index is 10.8. The molecule has 2 aromatic rings. The zero-order valence-electron chi connectivity index (χ0n) is 9.94. The lowest BCUT2D eigenvalue weighted by Gasteiger charge is -2.10. The molecule has 17 heavy (non-hydrogen) atoms. The SMILES string of the molecule is COc1ccc(C)cc1-c1cccc(C=O)c1. The van der Waals surface area contributed by atoms with Crippen LogP contribution in [-0.4, -0.2) is 13.4 Å². The summed E-state index contributed by atoms with van der Waals surface area (Å²) in [5.41, 5.74) is 3.84. The molecule has 0 aliphatic heterocycles. The van der Waals surface area contributed by atoms with Crippen LogP contribution in [0.25, 0.3) is 11.1 Å². The van der Waals surface area contributed by atoms with Crippen LogP contribution >= 0.6 is 0 Å². The number of ether oxygens (including phenoxy) is 1. The number of hydrogen-bond acceptors (Lipinski definition) is 2. The van der Waals surface area contributed by atoms with Crippen molar-refractivity contribution in [3.8, 4) is 16.9 Å². The monoisotopic (exact) mass is 226 g/mol. The van der Waals surface area contributed by atoms with Gasteiger partial charge >= 0.3 is 0 Å². The Morgan fingerprint density at radius 3 is 2.65 bits per heavy atom. The highest BCUT2D eigenvalue weighted by Gasteiger charge is 2.06. The summed E-state index contributed by atoms with van der Waals surface area (Å²) < 4.78 is 5.34. The van der Waals surface area contributed by atoms with E-state index < -0.39 is 0 Å². The lowest BCUT2D eigenvalue weighted by molar-refractivity contribution is 0.112. The first-order chi connectivity index (χ1) is 8.24. The van der Waals surface area contributed by atoms with Gasteiger partial charge in [-0.2, -0.15) is 0 Å². The van der Waals surface area contributed by atoms with Crippen molar-refractivity contribution in [2.24, 2.45) is 0 Å². The molecule has 0 aliphatic carbocycles. The molecule has 0 fully saturated rings. The number of carbonyl (C=O) groups is 1. The van der Waals surface area contributed by atoms with E-state index in [2.05, 4.69) is 6.07 Å². The van der Waals surface area contributed by atoms with E-state index in [0.717, 1.165) is 28.7 Å². The number of methoxy groups -OCH3 is 1. The highest BCUT2D eigenvalue weighted by atomic mass is 16.5. The van der Waals surface area contributed by atoms with E-state index in [1.54, 1.807) is 13.2 Å². The Kier molecular flexibility index (Phi) is 3.24. The second-order valence-corrected chi connectivity index (χ2v) is 3.95. The fraction of sp³-hybridized carbons (Fsp3) is 0.133. The van der Waals surface area contributed by atoms with Crippen LogP contribution in [0.3, 0.4) is 0 Å². The molecule has 0 amide bonds. The third-order valence-electron chi connectivity index (χ3n) is 2.69. The minimum absolute atomic E-state index is 0.672. The van der Waals surface area contributed by atoms with Gasteiger partial charge in [0.05, 0.1) is 7.11 Å². The maximum atomic E-state index is 10.8. The largest absolute Gasteiger partial charge is 0.496 e. The molecule has 2 nitrogen and oxygen atoms in total. The first-order valence-corrected chi connectivity index (χ1v) is 5.45. The molecule has 0 saturated heterocycles. The first-order valence-electron chi connectivity index (χ1n) is 5.45. The van der Waals surface area contributed by atoms with E-state index in [4.69, 9.17) is 4.74 Å². The Balaban J connectivity index is 2.58. The molecule has 0 N–H and O–H groups in total. The quantitative estimate of drug-likeness (QED) is 0.749. The lowest BCUT2D eigenvalue weighted by atomic mass is 10.0. The van der Waals surface area contributed by atoms with E-state index in [9.17, 15) is 4.79 Å². The molecule has 0 atom stereocenters. The molecule has 0 bridgehead atoms. The van der Waals surface area contributed by atoms with Gasteiger partial charge in [-0.3, -0.25) is 4.79 Å². The summed E-state index contributed by atoms with van der Waals surface area (Å²) in [5.74, 6) is 0.818. The molecule has 86 valence electrons. The van der Waals surface area contributed by atoms with Gasteiger partial charge in [-0.15, -0.1) is 0 Å². The van der Waals surface area contributed by atoms with Gasteiger partial charge in [-0.1, -0.05) is 29.8 Å². The molecular formula is C15H14O2. The van der Waals surface area contributed by atoms with Gasteiger partial charge in [-0.25, -0.2) is 0 Å². The minimum atomic E-state index is 0.672. The van der Waals surface area contributed by atoms with Gasteiger partial charge in [0.1, 0.15) is 12.0 Å².